The van der Waals surface area contributed by atoms with Gasteiger partial charge in [0.25, 0.3) is 5.91 Å². The average Bonchev–Trinajstić information content (AvgIpc) is 3.28. The van der Waals surface area contributed by atoms with E-state index >= 15 is 0 Å². The van der Waals surface area contributed by atoms with E-state index in [9.17, 15) is 13.2 Å². The average molecular weight is 427 g/mol. The van der Waals surface area contributed by atoms with Crippen molar-refractivity contribution < 1.29 is 13.2 Å². The number of benzene rings is 2. The molecule has 0 radical (unpaired) electrons. The molecule has 1 N–H and O–H groups in total. The molecule has 3 aromatic rings. The number of hydrogen-bond donors (Lipinski definition) is 1. The van der Waals surface area contributed by atoms with Crippen LogP contribution in [-0.2, 0) is 10.0 Å². The highest BCUT2D eigenvalue weighted by Gasteiger charge is 2.24. The van der Waals surface area contributed by atoms with Gasteiger partial charge in [0.2, 0.25) is 10.0 Å². The number of amides is 1. The van der Waals surface area contributed by atoms with Crippen LogP contribution < -0.4 is 5.32 Å². The third-order valence-electron chi connectivity index (χ3n) is 5.04. The Hall–Kier alpha value is -2.97. The summed E-state index contributed by atoms with van der Waals surface area (Å²) in [6.45, 7) is 5.49. The van der Waals surface area contributed by atoms with Gasteiger partial charge in [-0.15, -0.1) is 0 Å². The maximum Gasteiger partial charge on any atom is 0.251 e. The van der Waals surface area contributed by atoms with Crippen molar-refractivity contribution in [1.29, 1.82) is 0 Å². The summed E-state index contributed by atoms with van der Waals surface area (Å²) in [5.74, 6) is -0.328. The van der Waals surface area contributed by atoms with Crippen LogP contribution in [0, 0.1) is 0 Å². The number of carbonyl (C=O) groups is 1. The number of aromatic nitrogens is 2. The van der Waals surface area contributed by atoms with Crippen LogP contribution in [0.25, 0.3) is 5.69 Å². The molecule has 0 bridgehead atoms. The van der Waals surface area contributed by atoms with Gasteiger partial charge in [-0.1, -0.05) is 18.2 Å². The largest absolute Gasteiger partial charge is 0.346 e. The molecular weight excluding hydrogens is 400 g/mol. The van der Waals surface area contributed by atoms with E-state index in [1.807, 2.05) is 42.0 Å². The molecule has 0 aliphatic heterocycles. The Morgan fingerprint density at radius 3 is 2.40 bits per heavy atom. The number of imidazole rings is 1. The van der Waals surface area contributed by atoms with Gasteiger partial charge in [-0.25, -0.2) is 13.4 Å². The van der Waals surface area contributed by atoms with Crippen LogP contribution in [0.4, 0.5) is 0 Å². The minimum Gasteiger partial charge on any atom is -0.346 e. The Kier molecular flexibility index (Phi) is 6.38. The number of rotatable bonds is 7. The highest BCUT2D eigenvalue weighted by molar-refractivity contribution is 7.89. The van der Waals surface area contributed by atoms with Crippen molar-refractivity contribution in [2.24, 2.45) is 0 Å². The molecule has 158 valence electrons. The van der Waals surface area contributed by atoms with Crippen molar-refractivity contribution >= 4 is 15.9 Å². The summed E-state index contributed by atoms with van der Waals surface area (Å²) in [4.78, 5) is 16.9. The Bertz CT molecular complexity index is 1110. The molecule has 2 aromatic carbocycles. The van der Waals surface area contributed by atoms with E-state index in [4.69, 9.17) is 0 Å². The highest BCUT2D eigenvalue weighted by Crippen LogP contribution is 2.20. The van der Waals surface area contributed by atoms with Crippen LogP contribution in [0.15, 0.2) is 72.1 Å². The molecule has 0 saturated heterocycles. The monoisotopic (exact) mass is 426 g/mol. The van der Waals surface area contributed by atoms with E-state index in [1.165, 1.54) is 23.5 Å². The van der Waals surface area contributed by atoms with E-state index in [1.54, 1.807) is 38.5 Å². The molecule has 30 heavy (non-hydrogen) atoms. The first-order valence-electron chi connectivity index (χ1n) is 9.67. The maximum absolute atomic E-state index is 12.7. The lowest BCUT2D eigenvalue weighted by Gasteiger charge is -2.21. The van der Waals surface area contributed by atoms with Crippen LogP contribution in [0.2, 0.25) is 0 Å². The number of nitrogens with one attached hydrogen (secondary N) is 1. The molecule has 1 amide bonds. The Labute approximate surface area is 177 Å². The molecule has 0 fully saturated rings. The summed E-state index contributed by atoms with van der Waals surface area (Å²) >= 11 is 0. The predicted octanol–water partition coefficient (Wildman–Crippen LogP) is 3.39. The summed E-state index contributed by atoms with van der Waals surface area (Å²) in [6, 6.07) is 13.5. The summed E-state index contributed by atoms with van der Waals surface area (Å²) < 4.78 is 28.6. The Morgan fingerprint density at radius 1 is 1.10 bits per heavy atom. The molecule has 0 unspecified atom stereocenters. The number of sulfonamides is 1. The van der Waals surface area contributed by atoms with E-state index < -0.39 is 10.0 Å². The smallest absolute Gasteiger partial charge is 0.251 e. The molecule has 0 aliphatic rings. The maximum atomic E-state index is 12.7. The number of nitrogens with zero attached hydrogens (tertiary/aromatic N) is 3. The Morgan fingerprint density at radius 2 is 1.80 bits per heavy atom. The first-order valence-corrected chi connectivity index (χ1v) is 11.1. The molecule has 8 heteroatoms. The molecule has 1 heterocycles. The van der Waals surface area contributed by atoms with Gasteiger partial charge >= 0.3 is 0 Å². The van der Waals surface area contributed by atoms with Gasteiger partial charge in [0.1, 0.15) is 0 Å². The summed E-state index contributed by atoms with van der Waals surface area (Å²) in [6.07, 6.45) is 5.29. The zero-order chi connectivity index (χ0) is 21.9. The predicted molar refractivity (Wildman–Crippen MR) is 116 cm³/mol. The van der Waals surface area contributed by atoms with E-state index in [0.29, 0.717) is 5.56 Å². The highest BCUT2D eigenvalue weighted by atomic mass is 32.2. The number of hydrogen-bond acceptors (Lipinski definition) is 4. The third kappa shape index (κ3) is 4.60. The summed E-state index contributed by atoms with van der Waals surface area (Å²) in [5.41, 5.74) is 2.22. The molecule has 1 aromatic heterocycles. The van der Waals surface area contributed by atoms with Gasteiger partial charge < -0.3 is 9.88 Å². The first-order chi connectivity index (χ1) is 14.2. The first kappa shape index (κ1) is 21.7. The zero-order valence-electron chi connectivity index (χ0n) is 17.5. The summed E-state index contributed by atoms with van der Waals surface area (Å²) in [7, 11) is -2.13. The van der Waals surface area contributed by atoms with Gasteiger partial charge in [0, 0.05) is 36.7 Å². The minimum atomic E-state index is -3.66. The quantitative estimate of drug-likeness (QED) is 0.628. The standard InChI is InChI=1S/C22H26N4O3S/c1-16(2)25(4)30(28,29)21-7-5-6-19(14-21)22(27)24-17(3)18-8-10-20(11-9-18)26-13-12-23-15-26/h5-17H,1-4H3,(H,24,27)/t17-/m0/s1. The lowest BCUT2D eigenvalue weighted by Crippen LogP contribution is -2.33. The van der Waals surface area contributed by atoms with Crippen molar-refractivity contribution in [3.05, 3.63) is 78.4 Å². The SMILES string of the molecule is CC(C)N(C)S(=O)(=O)c1cccc(C(=O)N[C@@H](C)c2ccc(-n3ccnc3)cc2)c1. The Balaban J connectivity index is 1.74. The van der Waals surface area contributed by atoms with Crippen molar-refractivity contribution in [2.45, 2.75) is 37.8 Å². The van der Waals surface area contributed by atoms with Crippen LogP contribution >= 0.6 is 0 Å². The fourth-order valence-electron chi connectivity index (χ4n) is 2.95. The van der Waals surface area contributed by atoms with Crippen molar-refractivity contribution in [3.63, 3.8) is 0 Å². The van der Waals surface area contributed by atoms with Crippen molar-refractivity contribution in [2.75, 3.05) is 7.05 Å². The van der Waals surface area contributed by atoms with Crippen LogP contribution in [-0.4, -0.2) is 41.3 Å². The fourth-order valence-corrected chi connectivity index (χ4v) is 4.37. The van der Waals surface area contributed by atoms with Gasteiger partial charge in [-0.05, 0) is 56.7 Å². The van der Waals surface area contributed by atoms with Gasteiger partial charge in [-0.2, -0.15) is 4.31 Å². The molecule has 0 aliphatic carbocycles. The second kappa shape index (κ2) is 8.81. The molecular formula is C22H26N4O3S. The molecule has 0 saturated carbocycles. The second-order valence-corrected chi connectivity index (χ2v) is 9.40. The minimum absolute atomic E-state index is 0.101. The zero-order valence-corrected chi connectivity index (χ0v) is 18.3. The lowest BCUT2D eigenvalue weighted by atomic mass is 10.1. The topological polar surface area (TPSA) is 84.3 Å². The van der Waals surface area contributed by atoms with Crippen LogP contribution in [0.5, 0.6) is 0 Å². The third-order valence-corrected chi connectivity index (χ3v) is 7.07. The molecule has 1 atom stereocenters. The lowest BCUT2D eigenvalue weighted by molar-refractivity contribution is 0.0939. The van der Waals surface area contributed by atoms with E-state index in [2.05, 4.69) is 10.3 Å². The molecule has 3 rings (SSSR count). The number of carbonyl (C=O) groups excluding carboxylic acids is 1. The van der Waals surface area contributed by atoms with E-state index in [0.717, 1.165) is 11.3 Å². The van der Waals surface area contributed by atoms with Crippen molar-refractivity contribution in [1.82, 2.24) is 19.2 Å². The molecule has 0 spiro atoms. The van der Waals surface area contributed by atoms with Gasteiger partial charge in [-0.3, -0.25) is 4.79 Å². The molecule has 7 nitrogen and oxygen atoms in total. The second-order valence-electron chi connectivity index (χ2n) is 7.40. The van der Waals surface area contributed by atoms with Gasteiger partial charge in [0.15, 0.2) is 0 Å². The van der Waals surface area contributed by atoms with E-state index in [-0.39, 0.29) is 22.9 Å². The normalized spacial score (nSPS) is 12.9. The van der Waals surface area contributed by atoms with Crippen LogP contribution in [0.1, 0.15) is 42.7 Å². The van der Waals surface area contributed by atoms with Gasteiger partial charge in [0.05, 0.1) is 17.3 Å². The van der Waals surface area contributed by atoms with Crippen LogP contribution in [0.3, 0.4) is 0 Å². The fraction of sp³-hybridized carbons (Fsp3) is 0.273. The van der Waals surface area contributed by atoms with Crippen molar-refractivity contribution in [3.8, 4) is 5.69 Å². The summed E-state index contributed by atoms with van der Waals surface area (Å²) in [5, 5.41) is 2.93.